The Bertz CT molecular complexity index is 807. The van der Waals surface area contributed by atoms with Crippen LogP contribution in [0.4, 0.5) is 0 Å². The van der Waals surface area contributed by atoms with Gasteiger partial charge in [-0.15, -0.1) is 24.0 Å². The van der Waals surface area contributed by atoms with Crippen LogP contribution in [0.15, 0.2) is 47.5 Å². The number of nitrogens with zero attached hydrogens (tertiary/aromatic N) is 2. The van der Waals surface area contributed by atoms with Gasteiger partial charge in [0.1, 0.15) is 5.75 Å². The van der Waals surface area contributed by atoms with Gasteiger partial charge in [0.2, 0.25) is 0 Å². The third-order valence-electron chi connectivity index (χ3n) is 4.82. The van der Waals surface area contributed by atoms with Gasteiger partial charge < -0.3 is 20.3 Å². The van der Waals surface area contributed by atoms with E-state index in [-0.39, 0.29) is 24.0 Å². The topological polar surface area (TPSA) is 48.9 Å². The second-order valence-electron chi connectivity index (χ2n) is 7.42. The molecule has 158 valence electrons. The number of nitrogens with one attached hydrogen (secondary N) is 2. The average molecular weight is 508 g/mol. The van der Waals surface area contributed by atoms with Crippen LogP contribution in [0.25, 0.3) is 0 Å². The molecule has 0 aliphatic carbocycles. The molecular weight excluding hydrogens is 475 g/mol. The second-order valence-corrected chi connectivity index (χ2v) is 7.42. The van der Waals surface area contributed by atoms with Gasteiger partial charge in [-0.05, 0) is 55.8 Å². The monoisotopic (exact) mass is 508 g/mol. The number of hydrogen-bond donors (Lipinski definition) is 2. The van der Waals surface area contributed by atoms with Gasteiger partial charge in [0, 0.05) is 26.1 Å². The smallest absolute Gasteiger partial charge is 0.191 e. The van der Waals surface area contributed by atoms with Gasteiger partial charge in [-0.25, -0.2) is 4.99 Å². The first kappa shape index (κ1) is 23.5. The molecule has 0 aromatic heterocycles. The number of aliphatic imine (C=N–C) groups is 1. The van der Waals surface area contributed by atoms with Crippen LogP contribution in [0.1, 0.15) is 29.2 Å². The SMILES string of the molecule is CCNC(=NCc1ccccc1CN(C)C)NCCc1ccc2c(c1)CCO2.I. The maximum atomic E-state index is 5.59. The summed E-state index contributed by atoms with van der Waals surface area (Å²) in [5.41, 5.74) is 5.26. The number of guanidine groups is 1. The lowest BCUT2D eigenvalue weighted by Gasteiger charge is -2.15. The molecule has 1 heterocycles. The summed E-state index contributed by atoms with van der Waals surface area (Å²) in [5, 5.41) is 6.81. The van der Waals surface area contributed by atoms with Crippen molar-refractivity contribution >= 4 is 29.9 Å². The molecule has 2 N–H and O–H groups in total. The van der Waals surface area contributed by atoms with Gasteiger partial charge in [0.15, 0.2) is 5.96 Å². The first-order valence-corrected chi connectivity index (χ1v) is 10.1. The van der Waals surface area contributed by atoms with Crippen molar-refractivity contribution in [2.45, 2.75) is 32.9 Å². The van der Waals surface area contributed by atoms with E-state index >= 15 is 0 Å². The minimum atomic E-state index is 0. The molecule has 1 aliphatic heterocycles. The molecule has 0 saturated carbocycles. The van der Waals surface area contributed by atoms with Gasteiger partial charge >= 0.3 is 0 Å². The van der Waals surface area contributed by atoms with E-state index in [0.717, 1.165) is 50.8 Å². The minimum Gasteiger partial charge on any atom is -0.493 e. The lowest BCUT2D eigenvalue weighted by molar-refractivity contribution is 0.357. The third-order valence-corrected chi connectivity index (χ3v) is 4.82. The number of rotatable bonds is 8. The second kappa shape index (κ2) is 12.0. The fourth-order valence-corrected chi connectivity index (χ4v) is 3.43. The number of halogens is 1. The third kappa shape index (κ3) is 7.19. The van der Waals surface area contributed by atoms with E-state index in [1.165, 1.54) is 22.3 Å². The van der Waals surface area contributed by atoms with E-state index in [1.807, 2.05) is 0 Å². The predicted octanol–water partition coefficient (Wildman–Crippen LogP) is 3.60. The molecule has 0 radical (unpaired) electrons. The van der Waals surface area contributed by atoms with E-state index in [0.29, 0.717) is 6.54 Å². The summed E-state index contributed by atoms with van der Waals surface area (Å²) in [4.78, 5) is 6.98. The first-order valence-electron chi connectivity index (χ1n) is 10.1. The van der Waals surface area contributed by atoms with Crippen LogP contribution < -0.4 is 15.4 Å². The van der Waals surface area contributed by atoms with Gasteiger partial charge in [0.05, 0.1) is 13.2 Å². The van der Waals surface area contributed by atoms with Crippen molar-refractivity contribution in [2.75, 3.05) is 33.8 Å². The molecule has 0 bridgehead atoms. The molecule has 0 atom stereocenters. The number of fused-ring (bicyclic) bond motifs is 1. The van der Waals surface area contributed by atoms with Crippen molar-refractivity contribution in [1.29, 1.82) is 0 Å². The molecule has 2 aromatic carbocycles. The highest BCUT2D eigenvalue weighted by molar-refractivity contribution is 14.0. The molecule has 3 rings (SSSR count). The largest absolute Gasteiger partial charge is 0.493 e. The van der Waals surface area contributed by atoms with Crippen molar-refractivity contribution in [3.8, 4) is 5.75 Å². The summed E-state index contributed by atoms with van der Waals surface area (Å²) in [6, 6.07) is 15.1. The van der Waals surface area contributed by atoms with Crippen LogP contribution in [0.2, 0.25) is 0 Å². The Morgan fingerprint density at radius 1 is 1.10 bits per heavy atom. The van der Waals surface area contributed by atoms with Crippen LogP contribution >= 0.6 is 24.0 Å². The fourth-order valence-electron chi connectivity index (χ4n) is 3.43. The molecule has 0 unspecified atom stereocenters. The van der Waals surface area contributed by atoms with Crippen LogP contribution in [0.5, 0.6) is 5.75 Å². The summed E-state index contributed by atoms with van der Waals surface area (Å²) in [6.45, 7) is 6.21. The standard InChI is InChI=1S/C23H32N4O.HI/c1-4-24-23(26-16-20-7-5-6-8-21(20)17-27(2)3)25-13-11-18-9-10-22-19(15-18)12-14-28-22;/h5-10,15H,4,11-14,16-17H2,1-3H3,(H2,24,25,26);1H. The molecular formula is C23H33IN4O. The van der Waals surface area contributed by atoms with Crippen molar-refractivity contribution in [3.63, 3.8) is 0 Å². The Morgan fingerprint density at radius 3 is 2.66 bits per heavy atom. The summed E-state index contributed by atoms with van der Waals surface area (Å²) < 4.78 is 5.59. The molecule has 0 fully saturated rings. The Balaban J connectivity index is 0.00000300. The van der Waals surface area contributed by atoms with Crippen molar-refractivity contribution in [3.05, 3.63) is 64.7 Å². The van der Waals surface area contributed by atoms with Crippen molar-refractivity contribution < 1.29 is 4.74 Å². The molecule has 2 aromatic rings. The Labute approximate surface area is 192 Å². The Morgan fingerprint density at radius 2 is 1.90 bits per heavy atom. The van der Waals surface area contributed by atoms with Gasteiger partial charge in [0.25, 0.3) is 0 Å². The molecule has 0 spiro atoms. The van der Waals surface area contributed by atoms with E-state index in [2.05, 4.69) is 79.0 Å². The molecule has 0 amide bonds. The molecule has 5 nitrogen and oxygen atoms in total. The molecule has 0 saturated heterocycles. The summed E-state index contributed by atoms with van der Waals surface area (Å²) in [5.74, 6) is 1.91. The minimum absolute atomic E-state index is 0. The maximum Gasteiger partial charge on any atom is 0.191 e. The van der Waals surface area contributed by atoms with Gasteiger partial charge in [-0.1, -0.05) is 36.4 Å². The highest BCUT2D eigenvalue weighted by Crippen LogP contribution is 2.25. The predicted molar refractivity (Wildman–Crippen MR) is 131 cm³/mol. The lowest BCUT2D eigenvalue weighted by atomic mass is 10.1. The van der Waals surface area contributed by atoms with Gasteiger partial charge in [-0.2, -0.15) is 0 Å². The van der Waals surface area contributed by atoms with Gasteiger partial charge in [-0.3, -0.25) is 0 Å². The van der Waals surface area contributed by atoms with Crippen LogP contribution in [0, 0.1) is 0 Å². The number of benzene rings is 2. The first-order chi connectivity index (χ1) is 13.7. The zero-order valence-electron chi connectivity index (χ0n) is 17.7. The van der Waals surface area contributed by atoms with Crippen molar-refractivity contribution in [1.82, 2.24) is 15.5 Å². The molecule has 29 heavy (non-hydrogen) atoms. The quantitative estimate of drug-likeness (QED) is 0.325. The highest BCUT2D eigenvalue weighted by Gasteiger charge is 2.11. The zero-order chi connectivity index (χ0) is 19.8. The Hall–Kier alpha value is -1.80. The fraction of sp³-hybridized carbons (Fsp3) is 0.435. The number of ether oxygens (including phenoxy) is 1. The van der Waals surface area contributed by atoms with E-state index in [4.69, 9.17) is 9.73 Å². The van der Waals surface area contributed by atoms with E-state index in [1.54, 1.807) is 0 Å². The van der Waals surface area contributed by atoms with Crippen LogP contribution in [-0.4, -0.2) is 44.7 Å². The highest BCUT2D eigenvalue weighted by atomic mass is 127. The number of hydrogen-bond acceptors (Lipinski definition) is 3. The van der Waals surface area contributed by atoms with E-state index in [9.17, 15) is 0 Å². The van der Waals surface area contributed by atoms with Crippen molar-refractivity contribution in [2.24, 2.45) is 4.99 Å². The molecule has 6 heteroatoms. The summed E-state index contributed by atoms with van der Waals surface area (Å²) in [6.07, 6.45) is 1.99. The lowest BCUT2D eigenvalue weighted by Crippen LogP contribution is -2.38. The Kier molecular flexibility index (Phi) is 9.73. The normalized spacial score (nSPS) is 12.9. The average Bonchev–Trinajstić information content (AvgIpc) is 3.14. The van der Waals surface area contributed by atoms with Crippen LogP contribution in [0.3, 0.4) is 0 Å². The summed E-state index contributed by atoms with van der Waals surface area (Å²) >= 11 is 0. The van der Waals surface area contributed by atoms with E-state index < -0.39 is 0 Å². The maximum absolute atomic E-state index is 5.59. The zero-order valence-corrected chi connectivity index (χ0v) is 20.0. The van der Waals surface area contributed by atoms with Crippen LogP contribution in [-0.2, 0) is 25.9 Å². The molecule has 1 aliphatic rings. The summed E-state index contributed by atoms with van der Waals surface area (Å²) in [7, 11) is 4.19.